The highest BCUT2D eigenvalue weighted by atomic mass is 32.1. The second kappa shape index (κ2) is 13.4. The topological polar surface area (TPSA) is 149 Å². The van der Waals surface area contributed by atoms with Gasteiger partial charge in [0.15, 0.2) is 21.7 Å². The van der Waals surface area contributed by atoms with Gasteiger partial charge in [0.25, 0.3) is 0 Å². The van der Waals surface area contributed by atoms with Crippen LogP contribution in [0.25, 0.3) is 0 Å². The van der Waals surface area contributed by atoms with Crippen molar-refractivity contribution in [3.8, 4) is 11.5 Å². The van der Waals surface area contributed by atoms with E-state index in [4.69, 9.17) is 33.3 Å². The van der Waals surface area contributed by atoms with Gasteiger partial charge in [-0.05, 0) is 60.9 Å². The molecule has 6 N–H and O–H groups in total. The van der Waals surface area contributed by atoms with Gasteiger partial charge in [-0.25, -0.2) is 0 Å². The molecule has 204 valence electrons. The smallest absolute Gasteiger partial charge is 0.229 e. The molecule has 2 rings (SSSR count). The van der Waals surface area contributed by atoms with Crippen LogP contribution in [0.4, 0.5) is 0 Å². The predicted molar refractivity (Wildman–Crippen MR) is 150 cm³/mol. The van der Waals surface area contributed by atoms with Gasteiger partial charge in [-0.1, -0.05) is 27.7 Å². The molecule has 2 aromatic heterocycles. The van der Waals surface area contributed by atoms with Crippen LogP contribution < -0.4 is 32.1 Å². The summed E-state index contributed by atoms with van der Waals surface area (Å²) in [7, 11) is 0. The van der Waals surface area contributed by atoms with Crippen molar-refractivity contribution in [3.05, 3.63) is 56.6 Å². The third-order valence-electron chi connectivity index (χ3n) is 5.84. The van der Waals surface area contributed by atoms with E-state index >= 15 is 0 Å². The Bertz CT molecular complexity index is 1100. The third-order valence-corrected chi connectivity index (χ3v) is 6.42. The summed E-state index contributed by atoms with van der Waals surface area (Å²) in [5, 5.41) is 32.3. The third kappa shape index (κ3) is 10.4. The number of thiocarbonyl (C=S) groups is 2. The maximum Gasteiger partial charge on any atom is 0.229 e. The molecule has 10 nitrogen and oxygen atoms in total. The molecular weight excluding hydrogens is 516 g/mol. The Morgan fingerprint density at radius 1 is 0.730 bits per heavy atom. The summed E-state index contributed by atoms with van der Waals surface area (Å²) >= 11 is 10.6. The Balaban J connectivity index is 1.63. The van der Waals surface area contributed by atoms with Crippen molar-refractivity contribution in [2.45, 2.75) is 53.4 Å². The molecule has 0 saturated heterocycles. The van der Waals surface area contributed by atoms with Gasteiger partial charge < -0.3 is 40.3 Å². The Morgan fingerprint density at radius 2 is 1.11 bits per heavy atom. The van der Waals surface area contributed by atoms with Crippen LogP contribution in [-0.4, -0.2) is 40.2 Å². The largest absolute Gasteiger partial charge is 0.502 e. The van der Waals surface area contributed by atoms with Gasteiger partial charge >= 0.3 is 0 Å². The second-order valence-electron chi connectivity index (χ2n) is 10.4. The fourth-order valence-electron chi connectivity index (χ4n) is 3.71. The number of hydrogen-bond acceptors (Lipinski definition) is 8. The summed E-state index contributed by atoms with van der Waals surface area (Å²) in [5.74, 6) is -0.772. The molecule has 2 heterocycles. The number of aromatic hydroxyl groups is 2. The minimum atomic E-state index is -0.410. The highest BCUT2D eigenvalue weighted by Gasteiger charge is 2.22. The van der Waals surface area contributed by atoms with E-state index in [2.05, 4.69) is 21.3 Å². The molecule has 0 aromatic carbocycles. The highest BCUT2D eigenvalue weighted by Crippen LogP contribution is 2.25. The normalized spacial score (nSPS) is 11.6. The van der Waals surface area contributed by atoms with Crippen LogP contribution in [-0.2, 0) is 12.8 Å². The summed E-state index contributed by atoms with van der Waals surface area (Å²) in [6.07, 6.45) is 7.20. The SMILES string of the molecule is CC(C)(CCNC(=S)NCNC(=S)NCCC(C)(C)Cc1cocc(O)c1=O)Cc1cocc(O)c1=O. The fraction of sp³-hybridized carbons (Fsp3) is 0.520. The molecule has 12 heteroatoms. The van der Waals surface area contributed by atoms with Crippen LogP contribution >= 0.6 is 24.4 Å². The molecular formula is C25H36N4O6S2. The fourth-order valence-corrected chi connectivity index (χ4v) is 4.06. The molecule has 0 bridgehead atoms. The molecule has 0 atom stereocenters. The highest BCUT2D eigenvalue weighted by molar-refractivity contribution is 7.80. The molecule has 2 aromatic rings. The molecule has 0 unspecified atom stereocenters. The predicted octanol–water partition coefficient (Wildman–Crippen LogP) is 2.51. The molecule has 0 saturated carbocycles. The first-order valence-electron chi connectivity index (χ1n) is 11.9. The first-order chi connectivity index (χ1) is 17.3. The maximum atomic E-state index is 12.0. The van der Waals surface area contributed by atoms with Crippen LogP contribution in [0, 0.1) is 10.8 Å². The van der Waals surface area contributed by atoms with E-state index in [0.29, 0.717) is 54.0 Å². The first-order valence-corrected chi connectivity index (χ1v) is 12.7. The quantitative estimate of drug-likeness (QED) is 0.170. The standard InChI is InChI=1S/C25H36N4O6S2/c1-24(2,9-16-11-34-13-18(30)20(16)32)5-7-26-22(36)28-15-29-23(37)27-8-6-25(3,4)10-17-12-35-14-19(31)21(17)33/h11-14,30-31H,5-10,15H2,1-4H3,(H2,26,28,36)(H2,27,29,37). The minimum Gasteiger partial charge on any atom is -0.502 e. The Morgan fingerprint density at radius 3 is 1.49 bits per heavy atom. The van der Waals surface area contributed by atoms with Crippen molar-refractivity contribution in [1.29, 1.82) is 0 Å². The van der Waals surface area contributed by atoms with E-state index in [-0.39, 0.29) is 22.3 Å². The first kappa shape index (κ1) is 30.1. The lowest BCUT2D eigenvalue weighted by Gasteiger charge is -2.25. The summed E-state index contributed by atoms with van der Waals surface area (Å²) < 4.78 is 10.0. The Kier molecular flexibility index (Phi) is 10.9. The zero-order valence-electron chi connectivity index (χ0n) is 21.6. The van der Waals surface area contributed by atoms with Gasteiger partial charge in [-0.3, -0.25) is 9.59 Å². The van der Waals surface area contributed by atoms with Gasteiger partial charge in [0.05, 0.1) is 19.2 Å². The molecule has 0 fully saturated rings. The number of nitrogens with one attached hydrogen (secondary N) is 4. The molecule has 0 spiro atoms. The van der Waals surface area contributed by atoms with Crippen molar-refractivity contribution in [1.82, 2.24) is 21.3 Å². The maximum absolute atomic E-state index is 12.0. The summed E-state index contributed by atoms with van der Waals surface area (Å²) in [6, 6.07) is 0. The average molecular weight is 553 g/mol. The van der Waals surface area contributed by atoms with Crippen molar-refractivity contribution in [2.24, 2.45) is 10.8 Å². The van der Waals surface area contributed by atoms with Crippen LogP contribution in [0.15, 0.2) is 43.5 Å². The summed E-state index contributed by atoms with van der Waals surface area (Å²) in [5.41, 5.74) is -0.379. The van der Waals surface area contributed by atoms with Crippen molar-refractivity contribution < 1.29 is 19.0 Å². The lowest BCUT2D eigenvalue weighted by Crippen LogP contribution is -2.46. The number of rotatable bonds is 12. The van der Waals surface area contributed by atoms with Crippen molar-refractivity contribution in [3.63, 3.8) is 0 Å². The van der Waals surface area contributed by atoms with Gasteiger partial charge in [0.2, 0.25) is 10.9 Å². The molecule has 0 aliphatic heterocycles. The van der Waals surface area contributed by atoms with Gasteiger partial charge in [-0.15, -0.1) is 0 Å². The van der Waals surface area contributed by atoms with Crippen LogP contribution in [0.5, 0.6) is 11.5 Å². The van der Waals surface area contributed by atoms with E-state index in [1.54, 1.807) is 0 Å². The molecule has 0 amide bonds. The molecule has 0 aliphatic carbocycles. The zero-order chi connectivity index (χ0) is 27.6. The Hall–Kier alpha value is -3.12. The van der Waals surface area contributed by atoms with E-state index in [9.17, 15) is 19.8 Å². The van der Waals surface area contributed by atoms with E-state index in [1.807, 2.05) is 27.7 Å². The summed E-state index contributed by atoms with van der Waals surface area (Å²) in [4.78, 5) is 24.0. The van der Waals surface area contributed by atoms with Gasteiger partial charge in [0.1, 0.15) is 12.5 Å². The summed E-state index contributed by atoms with van der Waals surface area (Å²) in [6.45, 7) is 9.64. The molecule has 37 heavy (non-hydrogen) atoms. The van der Waals surface area contributed by atoms with E-state index in [1.165, 1.54) is 12.5 Å². The zero-order valence-corrected chi connectivity index (χ0v) is 23.2. The second-order valence-corrected chi connectivity index (χ2v) is 11.3. The lowest BCUT2D eigenvalue weighted by molar-refractivity contribution is 0.326. The van der Waals surface area contributed by atoms with Crippen molar-refractivity contribution in [2.75, 3.05) is 19.8 Å². The molecule has 0 radical (unpaired) electrons. The van der Waals surface area contributed by atoms with Gasteiger partial charge in [-0.2, -0.15) is 0 Å². The minimum absolute atomic E-state index is 0.215. The molecule has 0 aliphatic rings. The van der Waals surface area contributed by atoms with Crippen LogP contribution in [0.3, 0.4) is 0 Å². The number of hydrogen-bond donors (Lipinski definition) is 6. The van der Waals surface area contributed by atoms with E-state index < -0.39 is 10.9 Å². The Labute approximate surface area is 226 Å². The van der Waals surface area contributed by atoms with Crippen LogP contribution in [0.1, 0.15) is 51.7 Å². The van der Waals surface area contributed by atoms with Crippen LogP contribution in [0.2, 0.25) is 0 Å². The van der Waals surface area contributed by atoms with Gasteiger partial charge in [0, 0.05) is 24.2 Å². The monoisotopic (exact) mass is 552 g/mol. The van der Waals surface area contributed by atoms with Crippen molar-refractivity contribution >= 4 is 34.7 Å². The lowest BCUT2D eigenvalue weighted by atomic mass is 9.83. The van der Waals surface area contributed by atoms with E-state index in [0.717, 1.165) is 25.4 Å². The average Bonchev–Trinajstić information content (AvgIpc) is 2.79.